The lowest BCUT2D eigenvalue weighted by molar-refractivity contribution is -0.129. The molecule has 2 aliphatic heterocycles. The fraction of sp³-hybridized carbons (Fsp3) is 0.238. The highest BCUT2D eigenvalue weighted by Crippen LogP contribution is 2.38. The number of carbonyl (C=O) groups is 1. The van der Waals surface area contributed by atoms with Crippen molar-refractivity contribution in [3.63, 3.8) is 0 Å². The molecule has 0 saturated carbocycles. The van der Waals surface area contributed by atoms with E-state index in [0.29, 0.717) is 39.1 Å². The lowest BCUT2D eigenvalue weighted by atomic mass is 10.1. The van der Waals surface area contributed by atoms with Crippen molar-refractivity contribution in [3.05, 3.63) is 52.2 Å². The van der Waals surface area contributed by atoms with Crippen LogP contribution < -0.4 is 18.9 Å². The predicted molar refractivity (Wildman–Crippen MR) is 107 cm³/mol. The summed E-state index contributed by atoms with van der Waals surface area (Å²) in [6.45, 7) is 3.95. The number of benzene rings is 2. The van der Waals surface area contributed by atoms with Crippen LogP contribution in [0.2, 0.25) is 5.02 Å². The Hall–Kier alpha value is -3.19. The first-order valence-corrected chi connectivity index (χ1v) is 9.29. The molecule has 150 valence electrons. The second-order valence-corrected chi connectivity index (χ2v) is 7.01. The molecule has 0 fully saturated rings. The van der Waals surface area contributed by atoms with Crippen molar-refractivity contribution in [2.24, 2.45) is 4.99 Å². The number of methoxy groups -OCH3 is 1. The first kappa shape index (κ1) is 19.1. The minimum atomic E-state index is -0.560. The van der Waals surface area contributed by atoms with Crippen LogP contribution in [0.15, 0.2) is 41.0 Å². The monoisotopic (exact) mass is 415 g/mol. The third-order valence-corrected chi connectivity index (χ3v) is 4.43. The van der Waals surface area contributed by atoms with Gasteiger partial charge >= 0.3 is 5.97 Å². The van der Waals surface area contributed by atoms with Gasteiger partial charge < -0.3 is 23.7 Å². The molecule has 2 aromatic rings. The molecular weight excluding hydrogens is 398 g/mol. The van der Waals surface area contributed by atoms with Gasteiger partial charge in [-0.25, -0.2) is 9.79 Å². The van der Waals surface area contributed by atoms with E-state index in [1.807, 2.05) is 13.8 Å². The SMILES string of the molecule is COc1cc(/C=C2/N=C(c3ccc4c(c3)OCO4)OC2=O)cc(Cl)c1OC(C)C. The summed E-state index contributed by atoms with van der Waals surface area (Å²) in [5, 5.41) is 0.372. The number of rotatable bonds is 5. The highest BCUT2D eigenvalue weighted by Gasteiger charge is 2.26. The highest BCUT2D eigenvalue weighted by molar-refractivity contribution is 6.32. The fourth-order valence-electron chi connectivity index (χ4n) is 2.89. The third-order valence-electron chi connectivity index (χ3n) is 4.15. The van der Waals surface area contributed by atoms with Gasteiger partial charge in [-0.15, -0.1) is 0 Å². The van der Waals surface area contributed by atoms with Crippen molar-refractivity contribution in [2.75, 3.05) is 13.9 Å². The Morgan fingerprint density at radius 1 is 1.17 bits per heavy atom. The van der Waals surface area contributed by atoms with Gasteiger partial charge in [-0.2, -0.15) is 0 Å². The average Bonchev–Trinajstić information content (AvgIpc) is 3.29. The fourth-order valence-corrected chi connectivity index (χ4v) is 3.16. The number of esters is 1. The van der Waals surface area contributed by atoms with Crippen LogP contribution >= 0.6 is 11.6 Å². The van der Waals surface area contributed by atoms with Crippen LogP contribution in [0.25, 0.3) is 6.08 Å². The zero-order valence-corrected chi connectivity index (χ0v) is 16.8. The summed E-state index contributed by atoms with van der Waals surface area (Å²) in [7, 11) is 1.52. The Labute approximate surface area is 172 Å². The second kappa shape index (κ2) is 7.67. The van der Waals surface area contributed by atoms with Crippen molar-refractivity contribution >= 4 is 29.5 Å². The van der Waals surface area contributed by atoms with Gasteiger partial charge in [0.05, 0.1) is 18.2 Å². The van der Waals surface area contributed by atoms with Gasteiger partial charge in [-0.1, -0.05) is 11.6 Å². The maximum atomic E-state index is 12.3. The second-order valence-electron chi connectivity index (χ2n) is 6.60. The molecule has 0 N–H and O–H groups in total. The van der Waals surface area contributed by atoms with Crippen molar-refractivity contribution < 1.29 is 28.5 Å². The molecule has 2 aliphatic rings. The first-order valence-electron chi connectivity index (χ1n) is 8.91. The predicted octanol–water partition coefficient (Wildman–Crippen LogP) is 4.21. The largest absolute Gasteiger partial charge is 0.493 e. The van der Waals surface area contributed by atoms with E-state index < -0.39 is 5.97 Å². The van der Waals surface area contributed by atoms with Gasteiger partial charge in [0.2, 0.25) is 12.7 Å². The molecule has 7 nitrogen and oxygen atoms in total. The van der Waals surface area contributed by atoms with Gasteiger partial charge in [0, 0.05) is 5.56 Å². The lowest BCUT2D eigenvalue weighted by Crippen LogP contribution is -2.07. The molecule has 0 aliphatic carbocycles. The summed E-state index contributed by atoms with van der Waals surface area (Å²) >= 11 is 6.35. The Bertz CT molecular complexity index is 1040. The van der Waals surface area contributed by atoms with Gasteiger partial charge in [-0.3, -0.25) is 0 Å². The van der Waals surface area contributed by atoms with Crippen LogP contribution in [0, 0.1) is 0 Å². The van der Waals surface area contributed by atoms with E-state index in [0.717, 1.165) is 0 Å². The van der Waals surface area contributed by atoms with Crippen LogP contribution in [0.3, 0.4) is 0 Å². The van der Waals surface area contributed by atoms with Crippen LogP contribution in [0.5, 0.6) is 23.0 Å². The number of ether oxygens (including phenoxy) is 5. The van der Waals surface area contributed by atoms with E-state index in [4.69, 9.17) is 35.3 Å². The highest BCUT2D eigenvalue weighted by atomic mass is 35.5. The molecule has 29 heavy (non-hydrogen) atoms. The molecule has 4 rings (SSSR count). The summed E-state index contributed by atoms with van der Waals surface area (Å²) in [5.41, 5.74) is 1.39. The molecule has 8 heteroatoms. The molecule has 0 atom stereocenters. The van der Waals surface area contributed by atoms with Gasteiger partial charge in [0.25, 0.3) is 0 Å². The maximum absolute atomic E-state index is 12.3. The van der Waals surface area contributed by atoms with Crippen LogP contribution in [-0.4, -0.2) is 31.9 Å². The van der Waals surface area contributed by atoms with E-state index >= 15 is 0 Å². The van der Waals surface area contributed by atoms with Crippen molar-refractivity contribution in [1.82, 2.24) is 0 Å². The molecule has 0 unspecified atom stereocenters. The Morgan fingerprint density at radius 3 is 2.72 bits per heavy atom. The van der Waals surface area contributed by atoms with Crippen molar-refractivity contribution in [3.8, 4) is 23.0 Å². The van der Waals surface area contributed by atoms with Gasteiger partial charge in [0.15, 0.2) is 28.7 Å². The smallest absolute Gasteiger partial charge is 0.363 e. The normalized spacial score (nSPS) is 16.2. The Morgan fingerprint density at radius 2 is 1.97 bits per heavy atom. The molecule has 0 bridgehead atoms. The number of fused-ring (bicyclic) bond motifs is 1. The molecular formula is C21H18ClNO6. The standard InChI is InChI=1S/C21H18ClNO6/c1-11(2)28-19-14(22)6-12(8-18(19)25-3)7-15-21(24)29-20(23-15)13-4-5-16-17(9-13)27-10-26-16/h4-9,11H,10H2,1-3H3/b15-7+. The third kappa shape index (κ3) is 3.86. The first-order chi connectivity index (χ1) is 13.9. The molecule has 0 radical (unpaired) electrons. The quantitative estimate of drug-likeness (QED) is 0.538. The van der Waals surface area contributed by atoms with Crippen LogP contribution in [0.4, 0.5) is 0 Å². The topological polar surface area (TPSA) is 75.6 Å². The molecule has 0 spiro atoms. The number of hydrogen-bond acceptors (Lipinski definition) is 7. The minimum absolute atomic E-state index is 0.0655. The summed E-state index contributed by atoms with van der Waals surface area (Å²) in [6, 6.07) is 8.61. The lowest BCUT2D eigenvalue weighted by Gasteiger charge is -2.15. The van der Waals surface area contributed by atoms with Crippen LogP contribution in [-0.2, 0) is 9.53 Å². The number of halogens is 1. The van der Waals surface area contributed by atoms with Gasteiger partial charge in [0.1, 0.15) is 0 Å². The van der Waals surface area contributed by atoms with E-state index in [1.54, 1.807) is 36.4 Å². The molecule has 0 saturated heterocycles. The summed E-state index contributed by atoms with van der Waals surface area (Å²) < 4.78 is 27.0. The maximum Gasteiger partial charge on any atom is 0.363 e. The number of aliphatic imine (C=N–C) groups is 1. The average molecular weight is 416 g/mol. The summed E-state index contributed by atoms with van der Waals surface area (Å²) in [4.78, 5) is 16.6. The van der Waals surface area contributed by atoms with Crippen molar-refractivity contribution in [1.29, 1.82) is 0 Å². The molecule has 0 aromatic heterocycles. The number of cyclic esters (lactones) is 1. The zero-order chi connectivity index (χ0) is 20.5. The molecule has 2 heterocycles. The van der Waals surface area contributed by atoms with E-state index in [-0.39, 0.29) is 24.5 Å². The van der Waals surface area contributed by atoms with Gasteiger partial charge in [-0.05, 0) is 55.8 Å². The van der Waals surface area contributed by atoms with E-state index in [9.17, 15) is 4.79 Å². The van der Waals surface area contributed by atoms with E-state index in [2.05, 4.69) is 4.99 Å². The Balaban J connectivity index is 1.66. The molecule has 0 amide bonds. The van der Waals surface area contributed by atoms with E-state index in [1.165, 1.54) is 7.11 Å². The number of hydrogen-bond donors (Lipinski definition) is 0. The zero-order valence-electron chi connectivity index (χ0n) is 16.0. The van der Waals surface area contributed by atoms with Crippen LogP contribution in [0.1, 0.15) is 25.0 Å². The number of carbonyl (C=O) groups excluding carboxylic acids is 1. The van der Waals surface area contributed by atoms with Crippen molar-refractivity contribution in [2.45, 2.75) is 20.0 Å². The number of nitrogens with zero attached hydrogens (tertiary/aromatic N) is 1. The minimum Gasteiger partial charge on any atom is -0.493 e. The summed E-state index contributed by atoms with van der Waals surface area (Å²) in [5.74, 6) is 1.76. The Kier molecular flexibility index (Phi) is 5.07. The summed E-state index contributed by atoms with van der Waals surface area (Å²) in [6.07, 6.45) is 1.51. The molecule has 2 aromatic carbocycles.